The lowest BCUT2D eigenvalue weighted by Gasteiger charge is -2.30. The van der Waals surface area contributed by atoms with E-state index in [1.54, 1.807) is 0 Å². The van der Waals surface area contributed by atoms with Gasteiger partial charge in [0.25, 0.3) is 0 Å². The number of nitrogens with one attached hydrogen (secondary N) is 1. The zero-order valence-corrected chi connectivity index (χ0v) is 11.7. The highest BCUT2D eigenvalue weighted by molar-refractivity contribution is 7.15. The molecule has 1 aromatic heterocycles. The first-order chi connectivity index (χ1) is 8.95. The maximum Gasteiger partial charge on any atom is 0.427 e. The fourth-order valence-corrected chi connectivity index (χ4v) is 2.80. The Hall–Kier alpha value is -0.820. The molecule has 0 unspecified atom stereocenters. The van der Waals surface area contributed by atoms with Gasteiger partial charge in [-0.3, -0.25) is 0 Å². The number of rotatable bonds is 4. The molecule has 0 saturated carbocycles. The Morgan fingerprint density at radius 3 is 2.68 bits per heavy atom. The standard InChI is InChI=1S/C12H18F3N3S/c1-9-2-5-18(6-3-9)7-4-16-11-17-8-10(19-11)12(13,14)15/h8-9H,2-7H2,1H3,(H,16,17). The molecule has 1 aliphatic rings. The second-order valence-corrected chi connectivity index (χ2v) is 6.01. The number of anilines is 1. The summed E-state index contributed by atoms with van der Waals surface area (Å²) in [6.07, 6.45) is -0.999. The number of alkyl halides is 3. The predicted octanol–water partition coefficient (Wildman–Crippen LogP) is 3.31. The Morgan fingerprint density at radius 2 is 2.11 bits per heavy atom. The van der Waals surface area contributed by atoms with Gasteiger partial charge in [0.1, 0.15) is 4.88 Å². The SMILES string of the molecule is CC1CCN(CCNc2ncc(C(F)(F)F)s2)CC1. The maximum atomic E-state index is 12.4. The van der Waals surface area contributed by atoms with Crippen molar-refractivity contribution >= 4 is 16.5 Å². The first kappa shape index (κ1) is 14.6. The van der Waals surface area contributed by atoms with E-state index in [0.29, 0.717) is 23.0 Å². The van der Waals surface area contributed by atoms with Crippen LogP contribution in [0.3, 0.4) is 0 Å². The van der Waals surface area contributed by atoms with Crippen molar-refractivity contribution in [3.63, 3.8) is 0 Å². The lowest BCUT2D eigenvalue weighted by Crippen LogP contribution is -2.36. The molecule has 0 atom stereocenters. The van der Waals surface area contributed by atoms with Crippen molar-refractivity contribution in [3.8, 4) is 0 Å². The number of aromatic nitrogens is 1. The smallest absolute Gasteiger partial charge is 0.360 e. The van der Waals surface area contributed by atoms with Gasteiger partial charge in [-0.1, -0.05) is 18.3 Å². The Labute approximate surface area is 114 Å². The van der Waals surface area contributed by atoms with Gasteiger partial charge in [-0.25, -0.2) is 4.98 Å². The van der Waals surface area contributed by atoms with E-state index in [4.69, 9.17) is 0 Å². The molecule has 108 valence electrons. The van der Waals surface area contributed by atoms with Gasteiger partial charge in [0.05, 0.1) is 6.20 Å². The summed E-state index contributed by atoms with van der Waals surface area (Å²) < 4.78 is 37.2. The fourth-order valence-electron chi connectivity index (χ4n) is 2.09. The third-order valence-corrected chi connectivity index (χ3v) is 4.37. The second kappa shape index (κ2) is 6.09. The van der Waals surface area contributed by atoms with Gasteiger partial charge in [-0.05, 0) is 31.8 Å². The summed E-state index contributed by atoms with van der Waals surface area (Å²) in [4.78, 5) is 5.43. The number of halogens is 3. The third kappa shape index (κ3) is 4.35. The van der Waals surface area contributed by atoms with Crippen molar-refractivity contribution in [1.82, 2.24) is 9.88 Å². The van der Waals surface area contributed by atoms with Gasteiger partial charge in [0.2, 0.25) is 0 Å². The summed E-state index contributed by atoms with van der Waals surface area (Å²) in [6.45, 7) is 5.90. The van der Waals surface area contributed by atoms with Crippen LogP contribution in [-0.4, -0.2) is 36.1 Å². The Kier molecular flexibility index (Phi) is 4.67. The molecule has 0 aliphatic carbocycles. The van der Waals surface area contributed by atoms with Gasteiger partial charge in [-0.15, -0.1) is 0 Å². The van der Waals surface area contributed by atoms with Gasteiger partial charge < -0.3 is 10.2 Å². The fraction of sp³-hybridized carbons (Fsp3) is 0.750. The second-order valence-electron chi connectivity index (χ2n) is 4.98. The van der Waals surface area contributed by atoms with E-state index in [1.165, 1.54) is 12.8 Å². The Morgan fingerprint density at radius 1 is 1.42 bits per heavy atom. The quantitative estimate of drug-likeness (QED) is 0.923. The molecule has 1 saturated heterocycles. The van der Waals surface area contributed by atoms with E-state index in [0.717, 1.165) is 31.7 Å². The van der Waals surface area contributed by atoms with Crippen molar-refractivity contribution in [1.29, 1.82) is 0 Å². The molecule has 0 amide bonds. The monoisotopic (exact) mass is 293 g/mol. The summed E-state index contributed by atoms with van der Waals surface area (Å²) in [5.41, 5.74) is 0. The average Bonchev–Trinajstić information content (AvgIpc) is 2.80. The van der Waals surface area contributed by atoms with Crippen LogP contribution in [0.25, 0.3) is 0 Å². The summed E-state index contributed by atoms with van der Waals surface area (Å²) >= 11 is 0.661. The molecule has 1 fully saturated rings. The summed E-state index contributed by atoms with van der Waals surface area (Å²) in [5.74, 6) is 0.789. The van der Waals surface area contributed by atoms with Crippen LogP contribution in [0, 0.1) is 5.92 Å². The van der Waals surface area contributed by atoms with E-state index in [9.17, 15) is 13.2 Å². The zero-order chi connectivity index (χ0) is 13.9. The van der Waals surface area contributed by atoms with Crippen LogP contribution in [0.1, 0.15) is 24.6 Å². The molecular formula is C12H18F3N3S. The van der Waals surface area contributed by atoms with Crippen LogP contribution in [0.4, 0.5) is 18.3 Å². The highest BCUT2D eigenvalue weighted by Crippen LogP contribution is 2.34. The van der Waals surface area contributed by atoms with E-state index in [1.807, 2.05) is 0 Å². The molecule has 2 heterocycles. The summed E-state index contributed by atoms with van der Waals surface area (Å²) in [5, 5.41) is 3.31. The van der Waals surface area contributed by atoms with Gasteiger partial charge in [0.15, 0.2) is 5.13 Å². The number of thiazole rings is 1. The van der Waals surface area contributed by atoms with Crippen LogP contribution in [-0.2, 0) is 6.18 Å². The van der Waals surface area contributed by atoms with Gasteiger partial charge >= 0.3 is 6.18 Å². The molecule has 1 N–H and O–H groups in total. The molecule has 1 aliphatic heterocycles. The Bertz CT molecular complexity index is 397. The summed E-state index contributed by atoms with van der Waals surface area (Å²) in [6, 6.07) is 0. The molecule has 0 bridgehead atoms. The van der Waals surface area contributed by atoms with Crippen LogP contribution in [0.5, 0.6) is 0 Å². The van der Waals surface area contributed by atoms with Crippen molar-refractivity contribution < 1.29 is 13.2 Å². The molecule has 2 rings (SSSR count). The largest absolute Gasteiger partial charge is 0.427 e. The van der Waals surface area contributed by atoms with Crippen LogP contribution in [0.2, 0.25) is 0 Å². The first-order valence-corrected chi connectivity index (χ1v) is 7.26. The van der Waals surface area contributed by atoms with Crippen LogP contribution >= 0.6 is 11.3 Å². The lowest BCUT2D eigenvalue weighted by molar-refractivity contribution is -0.134. The molecule has 7 heteroatoms. The van der Waals surface area contributed by atoms with E-state index in [2.05, 4.69) is 22.1 Å². The lowest BCUT2D eigenvalue weighted by atomic mass is 9.99. The minimum Gasteiger partial charge on any atom is -0.360 e. The van der Waals surface area contributed by atoms with Crippen molar-refractivity contribution in [2.24, 2.45) is 5.92 Å². The third-order valence-electron chi connectivity index (χ3n) is 3.37. The van der Waals surface area contributed by atoms with Crippen LogP contribution in [0.15, 0.2) is 6.20 Å². The van der Waals surface area contributed by atoms with E-state index in [-0.39, 0.29) is 0 Å². The number of nitrogens with zero attached hydrogens (tertiary/aromatic N) is 2. The molecule has 19 heavy (non-hydrogen) atoms. The number of likely N-dealkylation sites (tertiary alicyclic amines) is 1. The minimum atomic E-state index is -4.29. The Balaban J connectivity index is 1.72. The van der Waals surface area contributed by atoms with E-state index >= 15 is 0 Å². The van der Waals surface area contributed by atoms with Crippen molar-refractivity contribution in [3.05, 3.63) is 11.1 Å². The molecule has 0 aromatic carbocycles. The maximum absolute atomic E-state index is 12.4. The van der Waals surface area contributed by atoms with Crippen LogP contribution < -0.4 is 5.32 Å². The normalized spacial score (nSPS) is 18.7. The average molecular weight is 293 g/mol. The highest BCUT2D eigenvalue weighted by atomic mass is 32.1. The van der Waals surface area contributed by atoms with Gasteiger partial charge in [-0.2, -0.15) is 13.2 Å². The minimum absolute atomic E-state index is 0.345. The highest BCUT2D eigenvalue weighted by Gasteiger charge is 2.33. The van der Waals surface area contributed by atoms with E-state index < -0.39 is 11.1 Å². The summed E-state index contributed by atoms with van der Waals surface area (Å²) in [7, 11) is 0. The molecule has 1 aromatic rings. The zero-order valence-electron chi connectivity index (χ0n) is 10.8. The molecule has 0 radical (unpaired) electrons. The molecule has 3 nitrogen and oxygen atoms in total. The first-order valence-electron chi connectivity index (χ1n) is 6.44. The molecular weight excluding hydrogens is 275 g/mol. The van der Waals surface area contributed by atoms with Crippen molar-refractivity contribution in [2.45, 2.75) is 25.9 Å². The van der Waals surface area contributed by atoms with Crippen molar-refractivity contribution in [2.75, 3.05) is 31.5 Å². The number of hydrogen-bond acceptors (Lipinski definition) is 4. The number of piperidine rings is 1. The topological polar surface area (TPSA) is 28.2 Å². The van der Waals surface area contributed by atoms with Gasteiger partial charge in [0, 0.05) is 13.1 Å². The predicted molar refractivity (Wildman–Crippen MR) is 70.4 cm³/mol. The number of hydrogen-bond donors (Lipinski definition) is 1. The molecule has 0 spiro atoms.